The highest BCUT2D eigenvalue weighted by Gasteiger charge is 2.01. The molecule has 0 saturated carbocycles. The van der Waals surface area contributed by atoms with Gasteiger partial charge in [0.2, 0.25) is 0 Å². The fraction of sp³-hybridized carbons (Fsp3) is 0.118. The molecule has 0 amide bonds. The fourth-order valence-electron chi connectivity index (χ4n) is 1.81. The van der Waals surface area contributed by atoms with Crippen molar-refractivity contribution in [2.75, 3.05) is 7.11 Å². The standard InChI is InChI=1S/C17H15NO/c1-13-6-8-15(9-7-13)16(12-18)10-14-4-3-5-17(11-14)19-2/h3-11H,1-2H3/b16-10-. The third-order valence-corrected chi connectivity index (χ3v) is 2.89. The van der Waals surface area contributed by atoms with Crippen LogP contribution < -0.4 is 4.74 Å². The molecule has 2 aromatic rings. The van der Waals surface area contributed by atoms with Crippen LogP contribution in [0.5, 0.6) is 5.75 Å². The number of ether oxygens (including phenoxy) is 1. The van der Waals surface area contributed by atoms with E-state index in [0.717, 1.165) is 16.9 Å². The van der Waals surface area contributed by atoms with E-state index in [1.165, 1.54) is 5.56 Å². The molecule has 0 aliphatic heterocycles. The summed E-state index contributed by atoms with van der Waals surface area (Å²) in [5.41, 5.74) is 3.71. The largest absolute Gasteiger partial charge is 0.497 e. The summed E-state index contributed by atoms with van der Waals surface area (Å²) in [5.74, 6) is 0.787. The summed E-state index contributed by atoms with van der Waals surface area (Å²) in [6.07, 6.45) is 1.87. The third kappa shape index (κ3) is 3.23. The van der Waals surface area contributed by atoms with Gasteiger partial charge in [-0.2, -0.15) is 5.26 Å². The first-order chi connectivity index (χ1) is 9.22. The molecule has 19 heavy (non-hydrogen) atoms. The molecule has 0 heterocycles. The Bertz CT molecular complexity index is 633. The second-order valence-corrected chi connectivity index (χ2v) is 4.31. The van der Waals surface area contributed by atoms with Crippen LogP contribution in [0.4, 0.5) is 0 Å². The van der Waals surface area contributed by atoms with Crippen LogP contribution in [-0.4, -0.2) is 7.11 Å². The van der Waals surface area contributed by atoms with Crippen LogP contribution >= 0.6 is 0 Å². The van der Waals surface area contributed by atoms with E-state index in [-0.39, 0.29) is 0 Å². The summed E-state index contributed by atoms with van der Waals surface area (Å²) >= 11 is 0. The number of benzene rings is 2. The number of hydrogen-bond acceptors (Lipinski definition) is 2. The van der Waals surface area contributed by atoms with E-state index in [9.17, 15) is 5.26 Å². The van der Waals surface area contributed by atoms with E-state index in [1.807, 2.05) is 61.5 Å². The maximum absolute atomic E-state index is 9.29. The lowest BCUT2D eigenvalue weighted by molar-refractivity contribution is 0.414. The fourth-order valence-corrected chi connectivity index (χ4v) is 1.81. The van der Waals surface area contributed by atoms with Crippen molar-refractivity contribution in [2.45, 2.75) is 6.92 Å². The van der Waals surface area contributed by atoms with Gasteiger partial charge in [0, 0.05) is 0 Å². The van der Waals surface area contributed by atoms with Gasteiger partial charge in [-0.25, -0.2) is 0 Å². The van der Waals surface area contributed by atoms with Crippen LogP contribution in [0.25, 0.3) is 11.6 Å². The molecule has 0 spiro atoms. The van der Waals surface area contributed by atoms with Gasteiger partial charge >= 0.3 is 0 Å². The summed E-state index contributed by atoms with van der Waals surface area (Å²) in [6, 6.07) is 17.8. The predicted octanol–water partition coefficient (Wildman–Crippen LogP) is 4.07. The van der Waals surface area contributed by atoms with E-state index >= 15 is 0 Å². The minimum absolute atomic E-state index is 0.647. The molecule has 0 bridgehead atoms. The molecule has 0 radical (unpaired) electrons. The van der Waals surface area contributed by atoms with Crippen LogP contribution in [0.1, 0.15) is 16.7 Å². The van der Waals surface area contributed by atoms with Crippen molar-refractivity contribution >= 4 is 11.6 Å². The van der Waals surface area contributed by atoms with Crippen molar-refractivity contribution in [2.24, 2.45) is 0 Å². The minimum atomic E-state index is 0.647. The van der Waals surface area contributed by atoms with E-state index < -0.39 is 0 Å². The normalized spacial score (nSPS) is 10.9. The van der Waals surface area contributed by atoms with Gasteiger partial charge in [0.15, 0.2) is 0 Å². The molecule has 0 atom stereocenters. The van der Waals surface area contributed by atoms with Crippen molar-refractivity contribution in [3.05, 3.63) is 65.2 Å². The van der Waals surface area contributed by atoms with Crippen LogP contribution in [0.15, 0.2) is 48.5 Å². The molecule has 0 aromatic heterocycles. The lowest BCUT2D eigenvalue weighted by Gasteiger charge is -2.03. The predicted molar refractivity (Wildman–Crippen MR) is 77.7 cm³/mol. The Kier molecular flexibility index (Phi) is 4.00. The highest BCUT2D eigenvalue weighted by Crippen LogP contribution is 2.20. The van der Waals surface area contributed by atoms with Gasteiger partial charge in [-0.1, -0.05) is 42.0 Å². The first kappa shape index (κ1) is 12.9. The van der Waals surface area contributed by atoms with Gasteiger partial charge in [0.1, 0.15) is 5.75 Å². The Morgan fingerprint density at radius 2 is 1.89 bits per heavy atom. The van der Waals surface area contributed by atoms with Crippen LogP contribution in [0.3, 0.4) is 0 Å². The van der Waals surface area contributed by atoms with Crippen molar-refractivity contribution in [3.8, 4) is 11.8 Å². The van der Waals surface area contributed by atoms with Crippen molar-refractivity contribution < 1.29 is 4.74 Å². The summed E-state index contributed by atoms with van der Waals surface area (Å²) in [7, 11) is 1.63. The molecular formula is C17H15NO. The van der Waals surface area contributed by atoms with E-state index in [4.69, 9.17) is 4.74 Å². The first-order valence-electron chi connectivity index (χ1n) is 6.06. The van der Waals surface area contributed by atoms with Gasteiger partial charge in [-0.3, -0.25) is 0 Å². The van der Waals surface area contributed by atoms with Crippen molar-refractivity contribution in [1.29, 1.82) is 5.26 Å². The molecule has 2 rings (SSSR count). The molecule has 2 aromatic carbocycles. The van der Waals surface area contributed by atoms with Crippen LogP contribution in [0, 0.1) is 18.3 Å². The number of allylic oxidation sites excluding steroid dienone is 1. The van der Waals surface area contributed by atoms with E-state index in [1.54, 1.807) is 7.11 Å². The maximum atomic E-state index is 9.29. The molecule has 0 aliphatic rings. The summed E-state index contributed by atoms with van der Waals surface area (Å²) in [6.45, 7) is 2.03. The Labute approximate surface area is 113 Å². The highest BCUT2D eigenvalue weighted by molar-refractivity contribution is 5.89. The Morgan fingerprint density at radius 1 is 1.16 bits per heavy atom. The van der Waals surface area contributed by atoms with E-state index in [0.29, 0.717) is 5.57 Å². The summed E-state index contributed by atoms with van der Waals surface area (Å²) < 4.78 is 5.18. The lowest BCUT2D eigenvalue weighted by atomic mass is 10.0. The molecule has 94 valence electrons. The first-order valence-corrected chi connectivity index (χ1v) is 6.06. The number of nitrogens with zero attached hydrogens (tertiary/aromatic N) is 1. The Hall–Kier alpha value is -2.53. The molecule has 0 N–H and O–H groups in total. The second kappa shape index (κ2) is 5.88. The number of methoxy groups -OCH3 is 1. The molecule has 0 unspecified atom stereocenters. The summed E-state index contributed by atoms with van der Waals surface area (Å²) in [5, 5.41) is 9.29. The lowest BCUT2D eigenvalue weighted by Crippen LogP contribution is -1.85. The average Bonchev–Trinajstić information content (AvgIpc) is 2.46. The topological polar surface area (TPSA) is 33.0 Å². The number of rotatable bonds is 3. The number of nitriles is 1. The SMILES string of the molecule is COc1cccc(/C=C(/C#N)c2ccc(C)cc2)c1. The minimum Gasteiger partial charge on any atom is -0.497 e. The zero-order valence-corrected chi connectivity index (χ0v) is 11.1. The average molecular weight is 249 g/mol. The maximum Gasteiger partial charge on any atom is 0.119 e. The summed E-state index contributed by atoms with van der Waals surface area (Å²) in [4.78, 5) is 0. The molecule has 0 aliphatic carbocycles. The van der Waals surface area contributed by atoms with Crippen LogP contribution in [-0.2, 0) is 0 Å². The van der Waals surface area contributed by atoms with Gasteiger partial charge < -0.3 is 4.74 Å². The van der Waals surface area contributed by atoms with Gasteiger partial charge in [-0.05, 0) is 36.3 Å². The Balaban J connectivity index is 2.38. The number of hydrogen-bond donors (Lipinski definition) is 0. The molecule has 2 nitrogen and oxygen atoms in total. The van der Waals surface area contributed by atoms with Crippen LogP contribution in [0.2, 0.25) is 0 Å². The van der Waals surface area contributed by atoms with Gasteiger partial charge in [-0.15, -0.1) is 0 Å². The quantitative estimate of drug-likeness (QED) is 0.607. The molecule has 0 saturated heterocycles. The third-order valence-electron chi connectivity index (χ3n) is 2.89. The zero-order valence-electron chi connectivity index (χ0n) is 11.1. The molecular weight excluding hydrogens is 234 g/mol. The highest BCUT2D eigenvalue weighted by atomic mass is 16.5. The van der Waals surface area contributed by atoms with Gasteiger partial charge in [0.25, 0.3) is 0 Å². The van der Waals surface area contributed by atoms with Crippen molar-refractivity contribution in [3.63, 3.8) is 0 Å². The zero-order chi connectivity index (χ0) is 13.7. The van der Waals surface area contributed by atoms with E-state index in [2.05, 4.69) is 6.07 Å². The molecule has 0 fully saturated rings. The smallest absolute Gasteiger partial charge is 0.119 e. The Morgan fingerprint density at radius 3 is 2.53 bits per heavy atom. The second-order valence-electron chi connectivity index (χ2n) is 4.31. The van der Waals surface area contributed by atoms with Crippen molar-refractivity contribution in [1.82, 2.24) is 0 Å². The molecule has 2 heteroatoms. The number of aryl methyl sites for hydroxylation is 1. The van der Waals surface area contributed by atoms with Gasteiger partial charge in [0.05, 0.1) is 18.8 Å². The monoisotopic (exact) mass is 249 g/mol.